The lowest BCUT2D eigenvalue weighted by atomic mass is 10.2. The van der Waals surface area contributed by atoms with E-state index in [1.807, 2.05) is 0 Å². The highest BCUT2D eigenvalue weighted by Crippen LogP contribution is 2.38. The summed E-state index contributed by atoms with van der Waals surface area (Å²) >= 11 is 17.3. The molecule has 4 heteroatoms. The van der Waals surface area contributed by atoms with Gasteiger partial charge in [-0.05, 0) is 18.6 Å². The molecular weight excluding hydrogens is 216 g/mol. The Balaban J connectivity index is 3.54. The van der Waals surface area contributed by atoms with Crippen LogP contribution in [-0.4, -0.2) is 0 Å². The molecular formula is C8H4Cl3N. The van der Waals surface area contributed by atoms with Crippen LogP contribution in [0.15, 0.2) is 6.07 Å². The number of halogens is 3. The maximum atomic E-state index is 6.83. The Labute approximate surface area is 85.7 Å². The van der Waals surface area contributed by atoms with Gasteiger partial charge in [0.15, 0.2) is 0 Å². The zero-order chi connectivity index (χ0) is 9.30. The molecule has 0 fully saturated rings. The first-order valence-corrected chi connectivity index (χ1v) is 4.23. The van der Waals surface area contributed by atoms with E-state index < -0.39 is 0 Å². The molecule has 0 bridgehead atoms. The van der Waals surface area contributed by atoms with E-state index in [1.54, 1.807) is 6.92 Å². The summed E-state index contributed by atoms with van der Waals surface area (Å²) < 4.78 is 0. The third-order valence-electron chi connectivity index (χ3n) is 1.49. The molecule has 1 nitrogen and oxygen atoms in total. The molecule has 12 heavy (non-hydrogen) atoms. The molecule has 0 saturated heterocycles. The second-order valence-electron chi connectivity index (χ2n) is 2.24. The van der Waals surface area contributed by atoms with Gasteiger partial charge in [-0.1, -0.05) is 34.8 Å². The smallest absolute Gasteiger partial charge is 0.209 e. The summed E-state index contributed by atoms with van der Waals surface area (Å²) in [5, 5.41) is 1.12. The van der Waals surface area contributed by atoms with Crippen LogP contribution < -0.4 is 0 Å². The summed E-state index contributed by atoms with van der Waals surface area (Å²) in [6.07, 6.45) is 0. The van der Waals surface area contributed by atoms with Crippen LogP contribution in [0.2, 0.25) is 15.1 Å². The Hall–Kier alpha value is -0.420. The quantitative estimate of drug-likeness (QED) is 0.448. The molecule has 0 aliphatic carbocycles. The Morgan fingerprint density at radius 2 is 1.83 bits per heavy atom. The van der Waals surface area contributed by atoms with Gasteiger partial charge in [-0.25, -0.2) is 4.85 Å². The average Bonchev–Trinajstić information content (AvgIpc) is 2.01. The van der Waals surface area contributed by atoms with E-state index in [4.69, 9.17) is 41.4 Å². The molecule has 0 N–H and O–H groups in total. The van der Waals surface area contributed by atoms with Crippen molar-refractivity contribution < 1.29 is 0 Å². The van der Waals surface area contributed by atoms with Crippen molar-refractivity contribution >= 4 is 40.5 Å². The fourth-order valence-electron chi connectivity index (χ4n) is 0.842. The van der Waals surface area contributed by atoms with Crippen LogP contribution in [0.4, 0.5) is 5.69 Å². The number of hydrogen-bond acceptors (Lipinski definition) is 0. The Bertz CT molecular complexity index is 366. The summed E-state index contributed by atoms with van der Waals surface area (Å²) in [5.74, 6) is 0. The van der Waals surface area contributed by atoms with Gasteiger partial charge in [0.25, 0.3) is 0 Å². The van der Waals surface area contributed by atoms with Gasteiger partial charge in [-0.2, -0.15) is 0 Å². The second kappa shape index (κ2) is 3.53. The lowest BCUT2D eigenvalue weighted by Gasteiger charge is -2.04. The van der Waals surface area contributed by atoms with Crippen molar-refractivity contribution in [2.24, 2.45) is 0 Å². The van der Waals surface area contributed by atoms with Crippen molar-refractivity contribution in [2.45, 2.75) is 6.92 Å². The van der Waals surface area contributed by atoms with Crippen molar-refractivity contribution in [3.8, 4) is 0 Å². The fraction of sp³-hybridized carbons (Fsp3) is 0.125. The first-order chi connectivity index (χ1) is 5.57. The summed E-state index contributed by atoms with van der Waals surface area (Å²) in [4.78, 5) is 3.25. The Morgan fingerprint density at radius 3 is 2.33 bits per heavy atom. The highest BCUT2D eigenvalue weighted by molar-refractivity contribution is 6.44. The predicted molar refractivity (Wildman–Crippen MR) is 52.5 cm³/mol. The van der Waals surface area contributed by atoms with Crippen LogP contribution in [-0.2, 0) is 0 Å². The monoisotopic (exact) mass is 219 g/mol. The number of benzene rings is 1. The topological polar surface area (TPSA) is 4.36 Å². The van der Waals surface area contributed by atoms with E-state index in [1.165, 1.54) is 6.07 Å². The second-order valence-corrected chi connectivity index (χ2v) is 3.43. The van der Waals surface area contributed by atoms with Crippen LogP contribution in [0.25, 0.3) is 4.85 Å². The van der Waals surface area contributed by atoms with Crippen molar-refractivity contribution in [2.75, 3.05) is 0 Å². The minimum absolute atomic E-state index is 0.344. The average molecular weight is 220 g/mol. The van der Waals surface area contributed by atoms with Gasteiger partial charge in [0.2, 0.25) is 5.69 Å². The normalized spacial score (nSPS) is 9.58. The highest BCUT2D eigenvalue weighted by atomic mass is 35.5. The van der Waals surface area contributed by atoms with E-state index in [-0.39, 0.29) is 0 Å². The van der Waals surface area contributed by atoms with E-state index in [0.717, 1.165) is 0 Å². The molecule has 0 unspecified atom stereocenters. The van der Waals surface area contributed by atoms with Crippen LogP contribution in [0.5, 0.6) is 0 Å². The molecule has 62 valence electrons. The number of rotatable bonds is 0. The van der Waals surface area contributed by atoms with Crippen LogP contribution in [0, 0.1) is 13.5 Å². The van der Waals surface area contributed by atoms with Crippen LogP contribution >= 0.6 is 34.8 Å². The molecule has 1 rings (SSSR count). The van der Waals surface area contributed by atoms with Gasteiger partial charge in [-0.15, -0.1) is 0 Å². The third-order valence-corrected chi connectivity index (χ3v) is 2.66. The molecule has 0 aliphatic heterocycles. The first-order valence-electron chi connectivity index (χ1n) is 3.09. The maximum absolute atomic E-state index is 6.83. The largest absolute Gasteiger partial charge is 0.236 e. The summed E-state index contributed by atoms with van der Waals surface area (Å²) in [6.45, 7) is 8.55. The van der Waals surface area contributed by atoms with Gasteiger partial charge in [0.05, 0.1) is 16.6 Å². The molecule has 0 aliphatic rings. The Morgan fingerprint density at radius 1 is 1.25 bits per heavy atom. The predicted octanol–water partition coefficient (Wildman–Crippen LogP) is 4.51. The molecule has 0 spiro atoms. The molecule has 0 radical (unpaired) electrons. The molecule has 0 amide bonds. The van der Waals surface area contributed by atoms with E-state index >= 15 is 0 Å². The van der Waals surface area contributed by atoms with Gasteiger partial charge in [-0.3, -0.25) is 0 Å². The minimum Gasteiger partial charge on any atom is -0.236 e. The maximum Gasteiger partial charge on any atom is 0.209 e. The number of hydrogen-bond donors (Lipinski definition) is 0. The zero-order valence-corrected chi connectivity index (χ0v) is 8.43. The van der Waals surface area contributed by atoms with Crippen molar-refractivity contribution in [3.63, 3.8) is 0 Å². The Kier molecular flexibility index (Phi) is 2.85. The fourth-order valence-corrected chi connectivity index (χ4v) is 1.59. The molecule has 0 saturated carbocycles. The van der Waals surface area contributed by atoms with Gasteiger partial charge < -0.3 is 0 Å². The van der Waals surface area contributed by atoms with E-state index in [9.17, 15) is 0 Å². The van der Waals surface area contributed by atoms with Gasteiger partial charge in [0, 0.05) is 5.02 Å². The third kappa shape index (κ3) is 1.51. The summed E-state index contributed by atoms with van der Waals surface area (Å²) in [7, 11) is 0. The lowest BCUT2D eigenvalue weighted by Crippen LogP contribution is -1.78. The molecule has 0 atom stereocenters. The first kappa shape index (κ1) is 9.67. The van der Waals surface area contributed by atoms with E-state index in [0.29, 0.717) is 26.3 Å². The highest BCUT2D eigenvalue weighted by Gasteiger charge is 2.10. The van der Waals surface area contributed by atoms with Crippen molar-refractivity contribution in [3.05, 3.63) is 38.1 Å². The number of nitrogens with zero attached hydrogens (tertiary/aromatic N) is 1. The molecule has 0 heterocycles. The SMILES string of the molecule is [C-]#[N+]c1c(Cl)cc(Cl)c(Cl)c1C. The summed E-state index contributed by atoms with van der Waals surface area (Å²) in [5.41, 5.74) is 0.996. The minimum atomic E-state index is 0.344. The van der Waals surface area contributed by atoms with E-state index in [2.05, 4.69) is 4.85 Å². The molecule has 1 aromatic rings. The van der Waals surface area contributed by atoms with Crippen molar-refractivity contribution in [1.82, 2.24) is 0 Å². The lowest BCUT2D eigenvalue weighted by molar-refractivity contribution is 1.49. The molecule has 0 aromatic heterocycles. The van der Waals surface area contributed by atoms with Crippen LogP contribution in [0.3, 0.4) is 0 Å². The molecule has 1 aromatic carbocycles. The van der Waals surface area contributed by atoms with Gasteiger partial charge >= 0.3 is 0 Å². The standard InChI is InChI=1S/C8H4Cl3N/c1-4-7(11)5(9)3-6(10)8(4)12-2/h3H,1H3. The van der Waals surface area contributed by atoms with Gasteiger partial charge in [0.1, 0.15) is 0 Å². The summed E-state index contributed by atoms with van der Waals surface area (Å²) in [6, 6.07) is 1.48. The zero-order valence-electron chi connectivity index (χ0n) is 6.16. The van der Waals surface area contributed by atoms with Crippen LogP contribution in [0.1, 0.15) is 5.56 Å². The van der Waals surface area contributed by atoms with Crippen molar-refractivity contribution in [1.29, 1.82) is 0 Å².